The van der Waals surface area contributed by atoms with Gasteiger partial charge in [-0.3, -0.25) is 4.90 Å². The van der Waals surface area contributed by atoms with Crippen LogP contribution in [-0.2, 0) is 14.9 Å². The van der Waals surface area contributed by atoms with E-state index in [1.54, 1.807) is 0 Å². The van der Waals surface area contributed by atoms with Gasteiger partial charge in [0.25, 0.3) is 0 Å². The number of benzene rings is 1. The highest BCUT2D eigenvalue weighted by Gasteiger charge is 2.60. The summed E-state index contributed by atoms with van der Waals surface area (Å²) in [7, 11) is 1.99. The second kappa shape index (κ2) is 6.12. The van der Waals surface area contributed by atoms with E-state index in [0.29, 0.717) is 13.0 Å². The minimum Gasteiger partial charge on any atom is -0.444 e. The van der Waals surface area contributed by atoms with Crippen LogP contribution in [0.5, 0.6) is 0 Å². The van der Waals surface area contributed by atoms with Gasteiger partial charge in [-0.05, 0) is 58.2 Å². The van der Waals surface area contributed by atoms with E-state index >= 15 is 0 Å². The molecule has 0 saturated carbocycles. The van der Waals surface area contributed by atoms with Gasteiger partial charge >= 0.3 is 6.09 Å². The van der Waals surface area contributed by atoms with Crippen molar-refractivity contribution in [3.8, 4) is 6.07 Å². The molecule has 0 aromatic heterocycles. The molecule has 3 aliphatic heterocycles. The van der Waals surface area contributed by atoms with Crippen molar-refractivity contribution < 1.29 is 14.3 Å². The van der Waals surface area contributed by atoms with Crippen LogP contribution in [0.1, 0.15) is 65.1 Å². The Morgan fingerprint density at radius 3 is 2.52 bits per heavy atom. The molecule has 0 bridgehead atoms. The molecule has 4 rings (SSSR count). The maximum atomic E-state index is 13.2. The molecule has 1 fully saturated rings. The molecule has 1 unspecified atom stereocenters. The first-order valence-corrected chi connectivity index (χ1v) is 10.3. The van der Waals surface area contributed by atoms with Crippen LogP contribution in [-0.4, -0.2) is 47.9 Å². The smallest absolute Gasteiger partial charge is 0.410 e. The number of likely N-dealkylation sites (N-methyl/N-ethyl adjacent to an activating group) is 1. The highest BCUT2D eigenvalue weighted by Crippen LogP contribution is 2.56. The van der Waals surface area contributed by atoms with Crippen LogP contribution in [0.3, 0.4) is 0 Å². The molecule has 1 aromatic rings. The Morgan fingerprint density at radius 1 is 1.31 bits per heavy atom. The molecule has 6 nitrogen and oxygen atoms in total. The molecule has 1 aromatic carbocycles. The number of carbonyl (C=O) groups excluding carboxylic acids is 1. The van der Waals surface area contributed by atoms with Gasteiger partial charge in [0.15, 0.2) is 0 Å². The van der Waals surface area contributed by atoms with Crippen LogP contribution in [0, 0.1) is 11.3 Å². The van der Waals surface area contributed by atoms with Crippen molar-refractivity contribution in [1.82, 2.24) is 4.90 Å². The van der Waals surface area contributed by atoms with Gasteiger partial charge in [0.2, 0.25) is 0 Å². The van der Waals surface area contributed by atoms with Gasteiger partial charge < -0.3 is 14.4 Å². The topological polar surface area (TPSA) is 69.1 Å². The van der Waals surface area contributed by atoms with E-state index in [9.17, 15) is 10.1 Å². The Hall–Kier alpha value is -2.26. The Labute approximate surface area is 173 Å². The molecule has 0 spiro atoms. The van der Waals surface area contributed by atoms with Gasteiger partial charge in [-0.2, -0.15) is 5.26 Å². The zero-order valence-electron chi connectivity index (χ0n) is 18.4. The number of nitriles is 1. The third kappa shape index (κ3) is 2.98. The lowest BCUT2D eigenvalue weighted by Gasteiger charge is -2.33. The summed E-state index contributed by atoms with van der Waals surface area (Å²) in [5.41, 5.74) is 2.10. The van der Waals surface area contributed by atoms with E-state index in [2.05, 4.69) is 43.9 Å². The van der Waals surface area contributed by atoms with Gasteiger partial charge in [0.1, 0.15) is 17.7 Å². The van der Waals surface area contributed by atoms with Crippen molar-refractivity contribution in [2.45, 2.75) is 82.8 Å². The predicted molar refractivity (Wildman–Crippen MR) is 111 cm³/mol. The molecule has 3 heterocycles. The molecule has 0 radical (unpaired) electrons. The lowest BCUT2D eigenvalue weighted by atomic mass is 9.74. The summed E-state index contributed by atoms with van der Waals surface area (Å²) in [5, 5.41) is 9.96. The number of amides is 1. The van der Waals surface area contributed by atoms with E-state index in [0.717, 1.165) is 11.3 Å². The molecule has 29 heavy (non-hydrogen) atoms. The van der Waals surface area contributed by atoms with E-state index in [4.69, 9.17) is 9.47 Å². The number of carbonyl (C=O) groups is 1. The molecule has 156 valence electrons. The number of rotatable bonds is 1. The monoisotopic (exact) mass is 397 g/mol. The molecular formula is C23H31N3O3. The predicted octanol–water partition coefficient (Wildman–Crippen LogP) is 4.15. The maximum absolute atomic E-state index is 13.2. The average Bonchev–Trinajstić information content (AvgIpc) is 3.20. The van der Waals surface area contributed by atoms with E-state index < -0.39 is 5.60 Å². The minimum atomic E-state index is -0.575. The number of hydrogen-bond acceptors (Lipinski definition) is 5. The standard InChI is InChI=1S/C23H31N3O3/c1-21(2,3)29-20(27)26-12-11-23(6)16(13-24)25(7)15-10-8-9-14(17(15)23)18(26)19-22(4,5)28-19/h8-10,16,18-19H,11-12H2,1-7H3/t16-,18+,19?,23+/m1/s1. The zero-order valence-corrected chi connectivity index (χ0v) is 18.4. The Bertz CT molecular complexity index is 898. The fourth-order valence-electron chi connectivity index (χ4n) is 5.16. The average molecular weight is 398 g/mol. The fourth-order valence-corrected chi connectivity index (χ4v) is 5.16. The Kier molecular flexibility index (Phi) is 4.23. The highest BCUT2D eigenvalue weighted by molar-refractivity contribution is 5.73. The molecule has 1 amide bonds. The molecule has 0 aliphatic carbocycles. The number of epoxide rings is 1. The summed E-state index contributed by atoms with van der Waals surface area (Å²) >= 11 is 0. The second-order valence-electron chi connectivity index (χ2n) is 10.3. The van der Waals surface area contributed by atoms with Crippen LogP contribution in [0.2, 0.25) is 0 Å². The molecule has 3 aliphatic rings. The summed E-state index contributed by atoms with van der Waals surface area (Å²) < 4.78 is 11.8. The van der Waals surface area contributed by atoms with Crippen molar-refractivity contribution in [3.63, 3.8) is 0 Å². The Morgan fingerprint density at radius 2 is 1.97 bits per heavy atom. The van der Waals surface area contributed by atoms with Crippen molar-refractivity contribution in [3.05, 3.63) is 29.3 Å². The largest absolute Gasteiger partial charge is 0.444 e. The summed E-state index contributed by atoms with van der Waals surface area (Å²) in [6.07, 6.45) is 0.273. The lowest BCUT2D eigenvalue weighted by Crippen LogP contribution is -2.44. The fraction of sp³-hybridized carbons (Fsp3) is 0.652. The van der Waals surface area contributed by atoms with Crippen molar-refractivity contribution >= 4 is 11.8 Å². The quantitative estimate of drug-likeness (QED) is 0.666. The van der Waals surface area contributed by atoms with Crippen LogP contribution in [0.4, 0.5) is 10.5 Å². The van der Waals surface area contributed by atoms with Crippen LogP contribution < -0.4 is 4.90 Å². The second-order valence-corrected chi connectivity index (χ2v) is 10.3. The number of ether oxygens (including phenoxy) is 2. The van der Waals surface area contributed by atoms with Crippen molar-refractivity contribution in [2.24, 2.45) is 0 Å². The van der Waals surface area contributed by atoms with Gasteiger partial charge in [-0.25, -0.2) is 4.79 Å². The zero-order chi connectivity index (χ0) is 21.4. The third-order valence-electron chi connectivity index (χ3n) is 6.64. The molecular weight excluding hydrogens is 366 g/mol. The summed E-state index contributed by atoms with van der Waals surface area (Å²) in [6, 6.07) is 8.19. The van der Waals surface area contributed by atoms with Crippen LogP contribution >= 0.6 is 0 Å². The van der Waals surface area contributed by atoms with Gasteiger partial charge in [-0.1, -0.05) is 19.1 Å². The number of anilines is 1. The van der Waals surface area contributed by atoms with E-state index in [1.165, 1.54) is 5.56 Å². The first-order valence-electron chi connectivity index (χ1n) is 10.3. The minimum absolute atomic E-state index is 0.102. The lowest BCUT2D eigenvalue weighted by molar-refractivity contribution is 0.0124. The first-order chi connectivity index (χ1) is 13.4. The summed E-state index contributed by atoms with van der Waals surface area (Å²) in [5.74, 6) is 0. The molecule has 4 atom stereocenters. The third-order valence-corrected chi connectivity index (χ3v) is 6.64. The summed E-state index contributed by atoms with van der Waals surface area (Å²) in [4.78, 5) is 17.1. The normalized spacial score (nSPS) is 32.3. The SMILES string of the molecule is CN1c2cccc3c2[C@@](C)(CCN(C(=O)OC(C)(C)C)[C@@H]3C2OC2(C)C)[C@H]1C#N. The van der Waals surface area contributed by atoms with Gasteiger partial charge in [-0.15, -0.1) is 0 Å². The van der Waals surface area contributed by atoms with E-state index in [-0.39, 0.29) is 35.3 Å². The van der Waals surface area contributed by atoms with E-state index in [1.807, 2.05) is 38.8 Å². The van der Waals surface area contributed by atoms with Gasteiger partial charge in [0.05, 0.1) is 17.7 Å². The van der Waals surface area contributed by atoms with Crippen molar-refractivity contribution in [2.75, 3.05) is 18.5 Å². The van der Waals surface area contributed by atoms with Crippen LogP contribution in [0.15, 0.2) is 18.2 Å². The number of hydrogen-bond donors (Lipinski definition) is 0. The maximum Gasteiger partial charge on any atom is 0.410 e. The summed E-state index contributed by atoms with van der Waals surface area (Å²) in [6.45, 7) is 12.4. The van der Waals surface area contributed by atoms with Gasteiger partial charge in [0, 0.05) is 24.7 Å². The number of nitrogens with zero attached hydrogens (tertiary/aromatic N) is 3. The molecule has 0 N–H and O–H groups in total. The first kappa shape index (κ1) is 20.0. The van der Waals surface area contributed by atoms with Crippen molar-refractivity contribution in [1.29, 1.82) is 5.26 Å². The molecule has 1 saturated heterocycles. The van der Waals surface area contributed by atoms with Crippen LogP contribution in [0.25, 0.3) is 0 Å². The Balaban J connectivity index is 1.87. The highest BCUT2D eigenvalue weighted by atomic mass is 16.6. The molecule has 6 heteroatoms.